The highest BCUT2D eigenvalue weighted by Crippen LogP contribution is 2.22. The Hall–Kier alpha value is -1.22. The largest absolute Gasteiger partial charge is 0.472 e. The van der Waals surface area contributed by atoms with Crippen LogP contribution in [-0.2, 0) is 6.54 Å². The molecule has 1 aliphatic rings. The summed E-state index contributed by atoms with van der Waals surface area (Å²) in [4.78, 5) is 9.13. The smallest absolute Gasteiger partial charge is 0.194 e. The van der Waals surface area contributed by atoms with Crippen LogP contribution in [-0.4, -0.2) is 44.1 Å². The Bertz CT molecular complexity index is 562. The zero-order chi connectivity index (χ0) is 14.5. The maximum Gasteiger partial charge on any atom is 0.194 e. The van der Waals surface area contributed by atoms with Gasteiger partial charge in [-0.05, 0) is 23.6 Å². The number of nitrogens with zero attached hydrogens (tertiary/aromatic N) is 3. The zero-order valence-electron chi connectivity index (χ0n) is 12.6. The first-order valence-corrected chi connectivity index (χ1v) is 8.00. The first kappa shape index (κ1) is 17.1. The molecule has 3 rings (SSSR count). The Morgan fingerprint density at radius 3 is 2.73 bits per heavy atom. The van der Waals surface area contributed by atoms with Gasteiger partial charge in [0, 0.05) is 45.3 Å². The fourth-order valence-electron chi connectivity index (χ4n) is 2.50. The quantitative estimate of drug-likeness (QED) is 0.461. The molecule has 0 radical (unpaired) electrons. The molecule has 1 N–H and O–H groups in total. The number of piperazine rings is 1. The highest BCUT2D eigenvalue weighted by atomic mass is 127. The van der Waals surface area contributed by atoms with Crippen LogP contribution >= 0.6 is 35.3 Å². The number of guanidine groups is 1. The summed E-state index contributed by atoms with van der Waals surface area (Å²) in [6.07, 6.45) is 3.45. The number of nitrogens with one attached hydrogen (secondary N) is 1. The van der Waals surface area contributed by atoms with E-state index in [4.69, 9.17) is 4.42 Å². The van der Waals surface area contributed by atoms with Crippen LogP contribution in [0.25, 0.3) is 0 Å². The van der Waals surface area contributed by atoms with Crippen LogP contribution in [0, 0.1) is 0 Å². The molecule has 120 valence electrons. The normalized spacial score (nSPS) is 15.6. The van der Waals surface area contributed by atoms with Crippen LogP contribution < -0.4 is 10.2 Å². The van der Waals surface area contributed by atoms with E-state index in [-0.39, 0.29) is 24.0 Å². The molecule has 0 spiro atoms. The SMILES string of the molecule is CN=C(NCc1ccoc1)N1CCN(c2cccs2)CC1.I. The summed E-state index contributed by atoms with van der Waals surface area (Å²) in [7, 11) is 1.84. The van der Waals surface area contributed by atoms with Crippen molar-refractivity contribution >= 4 is 46.3 Å². The minimum Gasteiger partial charge on any atom is -0.472 e. The Morgan fingerprint density at radius 1 is 1.32 bits per heavy atom. The number of aliphatic imine (C=N–C) groups is 1. The van der Waals surface area contributed by atoms with Crippen LogP contribution in [0.15, 0.2) is 45.5 Å². The van der Waals surface area contributed by atoms with Gasteiger partial charge in [0.25, 0.3) is 0 Å². The lowest BCUT2D eigenvalue weighted by atomic mass is 10.3. The van der Waals surface area contributed by atoms with Crippen molar-refractivity contribution in [2.45, 2.75) is 6.54 Å². The lowest BCUT2D eigenvalue weighted by Crippen LogP contribution is -2.52. The second-order valence-electron chi connectivity index (χ2n) is 4.96. The van der Waals surface area contributed by atoms with Crippen LogP contribution in [0.1, 0.15) is 5.56 Å². The first-order chi connectivity index (χ1) is 10.4. The molecule has 3 heterocycles. The van der Waals surface area contributed by atoms with Crippen LogP contribution in [0.2, 0.25) is 0 Å². The molecule has 0 amide bonds. The summed E-state index contributed by atoms with van der Waals surface area (Å²) in [5.41, 5.74) is 1.13. The molecule has 0 aromatic carbocycles. The molecular weight excluding hydrogens is 411 g/mol. The summed E-state index contributed by atoms with van der Waals surface area (Å²) >= 11 is 1.80. The van der Waals surface area contributed by atoms with E-state index in [0.29, 0.717) is 0 Å². The van der Waals surface area contributed by atoms with E-state index >= 15 is 0 Å². The van der Waals surface area contributed by atoms with Gasteiger partial charge in [0.05, 0.1) is 17.5 Å². The fourth-order valence-corrected chi connectivity index (χ4v) is 3.28. The van der Waals surface area contributed by atoms with E-state index in [1.54, 1.807) is 23.9 Å². The number of thiophene rings is 1. The van der Waals surface area contributed by atoms with Crippen LogP contribution in [0.5, 0.6) is 0 Å². The van der Waals surface area contributed by atoms with Crippen molar-refractivity contribution in [3.63, 3.8) is 0 Å². The summed E-state index contributed by atoms with van der Waals surface area (Å²) in [6.45, 7) is 4.79. The minimum absolute atomic E-state index is 0. The van der Waals surface area contributed by atoms with Crippen molar-refractivity contribution in [1.29, 1.82) is 0 Å². The van der Waals surface area contributed by atoms with Gasteiger partial charge in [0.2, 0.25) is 0 Å². The third kappa shape index (κ3) is 4.16. The lowest BCUT2D eigenvalue weighted by molar-refractivity contribution is 0.373. The molecule has 7 heteroatoms. The molecule has 22 heavy (non-hydrogen) atoms. The number of hydrogen-bond donors (Lipinski definition) is 1. The van der Waals surface area contributed by atoms with Gasteiger partial charge in [-0.1, -0.05) is 0 Å². The molecule has 2 aromatic rings. The molecule has 0 aliphatic carbocycles. The maximum absolute atomic E-state index is 5.08. The molecule has 0 atom stereocenters. The van der Waals surface area contributed by atoms with Crippen LogP contribution in [0.4, 0.5) is 5.00 Å². The third-order valence-corrected chi connectivity index (χ3v) is 4.57. The van der Waals surface area contributed by atoms with Crippen LogP contribution in [0.3, 0.4) is 0 Å². The topological polar surface area (TPSA) is 44.0 Å². The van der Waals surface area contributed by atoms with Gasteiger partial charge in [0.1, 0.15) is 0 Å². The minimum atomic E-state index is 0. The average Bonchev–Trinajstić information content (AvgIpc) is 3.22. The van der Waals surface area contributed by atoms with Crippen molar-refractivity contribution in [3.05, 3.63) is 41.7 Å². The van der Waals surface area contributed by atoms with Crippen molar-refractivity contribution < 1.29 is 4.42 Å². The van der Waals surface area contributed by atoms with E-state index < -0.39 is 0 Å². The zero-order valence-corrected chi connectivity index (χ0v) is 15.7. The number of hydrogen-bond acceptors (Lipinski definition) is 4. The second kappa shape index (κ2) is 8.42. The summed E-state index contributed by atoms with van der Waals surface area (Å²) in [5.74, 6) is 0.960. The van der Waals surface area contributed by atoms with E-state index in [1.165, 1.54) is 5.00 Å². The third-order valence-electron chi connectivity index (χ3n) is 3.64. The Morgan fingerprint density at radius 2 is 2.14 bits per heavy atom. The number of furan rings is 1. The Labute approximate surface area is 152 Å². The molecule has 0 unspecified atom stereocenters. The standard InChI is InChI=1S/C15H20N4OS.HI/c1-16-15(17-11-13-4-9-20-12-13)19-7-5-18(6-8-19)14-3-2-10-21-14;/h2-4,9-10,12H,5-8,11H2,1H3,(H,16,17);1H. The van der Waals surface area contributed by atoms with E-state index in [9.17, 15) is 0 Å². The molecule has 1 fully saturated rings. The van der Waals surface area contributed by atoms with E-state index in [2.05, 4.69) is 37.6 Å². The molecule has 0 saturated carbocycles. The summed E-state index contributed by atoms with van der Waals surface area (Å²) < 4.78 is 5.08. The highest BCUT2D eigenvalue weighted by Gasteiger charge is 2.20. The monoisotopic (exact) mass is 432 g/mol. The number of halogens is 1. The fraction of sp³-hybridized carbons (Fsp3) is 0.400. The van der Waals surface area contributed by atoms with Gasteiger partial charge >= 0.3 is 0 Å². The predicted octanol–water partition coefficient (Wildman–Crippen LogP) is 2.86. The van der Waals surface area contributed by atoms with Gasteiger partial charge < -0.3 is 19.5 Å². The van der Waals surface area contributed by atoms with Gasteiger partial charge in [0.15, 0.2) is 5.96 Å². The number of anilines is 1. The van der Waals surface area contributed by atoms with Gasteiger partial charge in [-0.25, -0.2) is 0 Å². The van der Waals surface area contributed by atoms with Gasteiger partial charge in [-0.3, -0.25) is 4.99 Å². The first-order valence-electron chi connectivity index (χ1n) is 7.12. The van der Waals surface area contributed by atoms with Crippen molar-refractivity contribution in [2.24, 2.45) is 4.99 Å². The number of rotatable bonds is 3. The van der Waals surface area contributed by atoms with Crippen molar-refractivity contribution in [3.8, 4) is 0 Å². The lowest BCUT2D eigenvalue weighted by Gasteiger charge is -2.37. The van der Waals surface area contributed by atoms with E-state index in [1.807, 2.05) is 13.1 Å². The Kier molecular flexibility index (Phi) is 6.56. The highest BCUT2D eigenvalue weighted by molar-refractivity contribution is 14.0. The Balaban J connectivity index is 0.00000176. The van der Waals surface area contributed by atoms with Crippen molar-refractivity contribution in [1.82, 2.24) is 10.2 Å². The molecular formula is C15H21IN4OS. The summed E-state index contributed by atoms with van der Waals surface area (Å²) in [5, 5.41) is 6.88. The van der Waals surface area contributed by atoms with Gasteiger partial charge in [-0.2, -0.15) is 0 Å². The maximum atomic E-state index is 5.08. The molecule has 0 bridgehead atoms. The predicted molar refractivity (Wildman–Crippen MR) is 102 cm³/mol. The molecule has 5 nitrogen and oxygen atoms in total. The average molecular weight is 432 g/mol. The second-order valence-corrected chi connectivity index (χ2v) is 5.88. The molecule has 1 saturated heterocycles. The van der Waals surface area contributed by atoms with Gasteiger partial charge in [-0.15, -0.1) is 35.3 Å². The van der Waals surface area contributed by atoms with Crippen molar-refractivity contribution in [2.75, 3.05) is 38.1 Å². The van der Waals surface area contributed by atoms with E-state index in [0.717, 1.165) is 44.2 Å². The summed E-state index contributed by atoms with van der Waals surface area (Å²) in [6, 6.07) is 6.26. The molecule has 2 aromatic heterocycles. The molecule has 1 aliphatic heterocycles.